The van der Waals surface area contributed by atoms with Crippen LogP contribution in [0.5, 0.6) is 0 Å². The number of nitrogens with zero attached hydrogens (tertiary/aromatic N) is 1. The average Bonchev–Trinajstić information content (AvgIpc) is 2.73. The van der Waals surface area contributed by atoms with Gasteiger partial charge in [-0.05, 0) is 56.4 Å². The van der Waals surface area contributed by atoms with Crippen LogP contribution in [0.3, 0.4) is 0 Å². The maximum Gasteiger partial charge on any atom is 0.164 e. The summed E-state index contributed by atoms with van der Waals surface area (Å²) >= 11 is 1.26. The topological polar surface area (TPSA) is 42.0 Å². The minimum Gasteiger partial charge on any atom is -0.369 e. The molecule has 0 aliphatic carbocycles. The van der Waals surface area contributed by atoms with Crippen LogP contribution >= 0.6 is 11.5 Å². The quantitative estimate of drug-likeness (QED) is 0.855. The van der Waals surface area contributed by atoms with Crippen LogP contribution in [-0.4, -0.2) is 10.2 Å². The first-order valence-electron chi connectivity index (χ1n) is 6.40. The van der Waals surface area contributed by atoms with E-state index >= 15 is 0 Å². The van der Waals surface area contributed by atoms with Gasteiger partial charge in [0, 0.05) is 6.04 Å². The molecule has 20 heavy (non-hydrogen) atoms. The van der Waals surface area contributed by atoms with E-state index in [0.29, 0.717) is 11.1 Å². The summed E-state index contributed by atoms with van der Waals surface area (Å²) in [6, 6.07) is 5.07. The van der Waals surface area contributed by atoms with E-state index in [-0.39, 0.29) is 17.6 Å². The van der Waals surface area contributed by atoms with Gasteiger partial charge in [0.1, 0.15) is 10.8 Å². The number of halogens is 1. The number of nitrogens with one attached hydrogen (secondary N) is 1. The van der Waals surface area contributed by atoms with Gasteiger partial charge in [0.05, 0.1) is 11.3 Å². The molecule has 3 nitrogen and oxygen atoms in total. The molecule has 0 spiro atoms. The van der Waals surface area contributed by atoms with Gasteiger partial charge >= 0.3 is 0 Å². The number of ketones is 1. The van der Waals surface area contributed by atoms with Gasteiger partial charge in [-0.15, -0.1) is 0 Å². The van der Waals surface area contributed by atoms with Crippen molar-refractivity contribution in [3.8, 4) is 0 Å². The molecule has 2 rings (SSSR count). The molecule has 5 heteroatoms. The summed E-state index contributed by atoms with van der Waals surface area (Å²) in [5.41, 5.74) is 2.81. The first-order valence-corrected chi connectivity index (χ1v) is 7.17. The van der Waals surface area contributed by atoms with E-state index in [1.165, 1.54) is 24.5 Å². The molecule has 1 atom stereocenters. The van der Waals surface area contributed by atoms with Crippen LogP contribution in [-0.2, 0) is 0 Å². The molecule has 1 heterocycles. The van der Waals surface area contributed by atoms with E-state index in [4.69, 9.17) is 0 Å². The summed E-state index contributed by atoms with van der Waals surface area (Å²) in [5, 5.41) is 3.98. The van der Waals surface area contributed by atoms with E-state index < -0.39 is 0 Å². The van der Waals surface area contributed by atoms with Crippen molar-refractivity contribution in [1.82, 2.24) is 4.37 Å². The Labute approximate surface area is 122 Å². The first-order chi connectivity index (χ1) is 9.40. The lowest BCUT2D eigenvalue weighted by Crippen LogP contribution is -2.09. The number of carbonyl (C=O) groups excluding carboxylic acids is 1. The predicted octanol–water partition coefficient (Wildman–Crippen LogP) is 4.27. The minimum absolute atomic E-state index is 0.0129. The van der Waals surface area contributed by atoms with E-state index in [1.54, 1.807) is 13.0 Å². The zero-order chi connectivity index (χ0) is 14.9. The Kier molecular flexibility index (Phi) is 4.18. The van der Waals surface area contributed by atoms with Crippen molar-refractivity contribution >= 4 is 22.3 Å². The summed E-state index contributed by atoms with van der Waals surface area (Å²) in [4.78, 5) is 11.6. The average molecular weight is 292 g/mol. The lowest BCUT2D eigenvalue weighted by molar-refractivity contribution is 0.101. The van der Waals surface area contributed by atoms with Crippen molar-refractivity contribution in [3.05, 3.63) is 46.4 Å². The number of aromatic nitrogens is 1. The number of hydrogen-bond donors (Lipinski definition) is 1. The molecular formula is C15H17FN2OS. The Morgan fingerprint density at radius 1 is 1.40 bits per heavy atom. The largest absolute Gasteiger partial charge is 0.369 e. The number of rotatable bonds is 4. The summed E-state index contributed by atoms with van der Waals surface area (Å²) < 4.78 is 17.8. The highest BCUT2D eigenvalue weighted by Gasteiger charge is 2.17. The van der Waals surface area contributed by atoms with E-state index in [9.17, 15) is 9.18 Å². The standard InChI is InChI=1S/C15H17FN2OS/c1-8-5-6-12(7-13(8)16)9(2)17-15-14(11(4)19)10(3)18-20-15/h5-7,9,17H,1-4H3. The molecule has 0 aliphatic heterocycles. The molecule has 1 aromatic heterocycles. The maximum absolute atomic E-state index is 13.6. The second-order valence-electron chi connectivity index (χ2n) is 4.90. The molecular weight excluding hydrogens is 275 g/mol. The number of anilines is 1. The van der Waals surface area contributed by atoms with Crippen molar-refractivity contribution in [2.24, 2.45) is 0 Å². The molecule has 0 saturated carbocycles. The molecule has 1 unspecified atom stereocenters. The van der Waals surface area contributed by atoms with Crippen LogP contribution in [0.4, 0.5) is 9.39 Å². The molecule has 106 valence electrons. The zero-order valence-electron chi connectivity index (χ0n) is 12.0. The summed E-state index contributed by atoms with van der Waals surface area (Å²) in [6.45, 7) is 7.01. The van der Waals surface area contributed by atoms with Gasteiger partial charge in [-0.3, -0.25) is 4.79 Å². The molecule has 0 fully saturated rings. The number of aryl methyl sites for hydroxylation is 2. The van der Waals surface area contributed by atoms with Crippen LogP contribution in [0.2, 0.25) is 0 Å². The number of benzene rings is 1. The van der Waals surface area contributed by atoms with Gasteiger partial charge in [0.2, 0.25) is 0 Å². The van der Waals surface area contributed by atoms with Crippen molar-refractivity contribution < 1.29 is 9.18 Å². The monoisotopic (exact) mass is 292 g/mol. The van der Waals surface area contributed by atoms with Crippen molar-refractivity contribution in [2.75, 3.05) is 5.32 Å². The van der Waals surface area contributed by atoms with Crippen LogP contribution in [0.1, 0.15) is 47.1 Å². The van der Waals surface area contributed by atoms with Crippen molar-refractivity contribution in [3.63, 3.8) is 0 Å². The molecule has 0 bridgehead atoms. The second-order valence-corrected chi connectivity index (χ2v) is 5.68. The Bertz CT molecular complexity index is 651. The minimum atomic E-state index is -0.219. The Hall–Kier alpha value is -1.75. The molecule has 0 radical (unpaired) electrons. The zero-order valence-corrected chi connectivity index (χ0v) is 12.8. The third-order valence-electron chi connectivity index (χ3n) is 3.26. The molecule has 0 saturated heterocycles. The highest BCUT2D eigenvalue weighted by molar-refractivity contribution is 7.10. The molecule has 0 aliphatic rings. The Morgan fingerprint density at radius 2 is 2.10 bits per heavy atom. The molecule has 1 N–H and O–H groups in total. The maximum atomic E-state index is 13.6. The smallest absolute Gasteiger partial charge is 0.164 e. The first kappa shape index (κ1) is 14.7. The highest BCUT2D eigenvalue weighted by atomic mass is 32.1. The molecule has 2 aromatic rings. The van der Waals surface area contributed by atoms with E-state index in [1.807, 2.05) is 19.9 Å². The molecule has 0 amide bonds. The van der Waals surface area contributed by atoms with Gasteiger partial charge in [0.25, 0.3) is 0 Å². The Balaban J connectivity index is 2.25. The predicted molar refractivity (Wildman–Crippen MR) is 80.0 cm³/mol. The van der Waals surface area contributed by atoms with Crippen LogP contribution in [0.15, 0.2) is 18.2 Å². The third-order valence-corrected chi connectivity index (χ3v) is 4.13. The summed E-state index contributed by atoms with van der Waals surface area (Å²) in [7, 11) is 0. The summed E-state index contributed by atoms with van der Waals surface area (Å²) in [5.74, 6) is -0.232. The third kappa shape index (κ3) is 2.88. The van der Waals surface area contributed by atoms with Gasteiger partial charge in [0.15, 0.2) is 5.78 Å². The van der Waals surface area contributed by atoms with Crippen LogP contribution in [0, 0.1) is 19.7 Å². The fourth-order valence-corrected chi connectivity index (χ4v) is 2.97. The van der Waals surface area contributed by atoms with E-state index in [0.717, 1.165) is 16.3 Å². The highest BCUT2D eigenvalue weighted by Crippen LogP contribution is 2.29. The lowest BCUT2D eigenvalue weighted by Gasteiger charge is -2.15. The normalized spacial score (nSPS) is 12.2. The van der Waals surface area contributed by atoms with E-state index in [2.05, 4.69) is 9.69 Å². The van der Waals surface area contributed by atoms with Crippen LogP contribution < -0.4 is 5.32 Å². The van der Waals surface area contributed by atoms with Gasteiger partial charge in [-0.25, -0.2) is 4.39 Å². The Morgan fingerprint density at radius 3 is 2.70 bits per heavy atom. The fourth-order valence-electron chi connectivity index (χ4n) is 2.04. The van der Waals surface area contributed by atoms with Crippen molar-refractivity contribution in [2.45, 2.75) is 33.7 Å². The lowest BCUT2D eigenvalue weighted by atomic mass is 10.1. The SMILES string of the molecule is CC(=O)c1c(C)nsc1NC(C)c1ccc(C)c(F)c1. The van der Waals surface area contributed by atoms with Gasteiger partial charge in [-0.1, -0.05) is 12.1 Å². The van der Waals surface area contributed by atoms with Crippen molar-refractivity contribution in [1.29, 1.82) is 0 Å². The molecule has 1 aromatic carbocycles. The summed E-state index contributed by atoms with van der Waals surface area (Å²) in [6.07, 6.45) is 0. The number of Topliss-reactive ketones (excluding diaryl/α,β-unsaturated/α-hetero) is 1. The van der Waals surface area contributed by atoms with Crippen LogP contribution in [0.25, 0.3) is 0 Å². The van der Waals surface area contributed by atoms with Gasteiger partial charge < -0.3 is 5.32 Å². The van der Waals surface area contributed by atoms with Gasteiger partial charge in [-0.2, -0.15) is 4.37 Å². The number of carbonyl (C=O) groups is 1. The number of hydrogen-bond acceptors (Lipinski definition) is 4. The second kappa shape index (κ2) is 5.71. The fraction of sp³-hybridized carbons (Fsp3) is 0.333.